The molecule has 0 unspecified atom stereocenters. The van der Waals surface area contributed by atoms with Gasteiger partial charge in [-0.15, -0.1) is 11.3 Å². The van der Waals surface area contributed by atoms with Crippen molar-refractivity contribution in [2.45, 2.75) is 6.54 Å². The highest BCUT2D eigenvalue weighted by Gasteiger charge is 2.32. The normalized spacial score (nSPS) is 14.9. The third-order valence-corrected chi connectivity index (χ3v) is 3.66. The number of hydrogen-bond donors (Lipinski definition) is 0. The van der Waals surface area contributed by atoms with Crippen LogP contribution in [0, 0.1) is 0 Å². The Kier molecular flexibility index (Phi) is 2.97. The van der Waals surface area contributed by atoms with E-state index in [1.807, 2.05) is 30.3 Å². The van der Waals surface area contributed by atoms with Crippen molar-refractivity contribution in [2.24, 2.45) is 0 Å². The maximum absolute atomic E-state index is 12.2. The topological polar surface area (TPSA) is 50.3 Å². The number of carbonyl (C=O) groups is 2. The molecule has 19 heavy (non-hydrogen) atoms. The molecule has 0 aliphatic carbocycles. The van der Waals surface area contributed by atoms with E-state index >= 15 is 0 Å². The van der Waals surface area contributed by atoms with E-state index in [4.69, 9.17) is 0 Å². The van der Waals surface area contributed by atoms with Crippen molar-refractivity contribution < 1.29 is 9.59 Å². The maximum atomic E-state index is 12.2. The molecule has 2 amide bonds. The minimum atomic E-state index is -0.279. The zero-order valence-corrected chi connectivity index (χ0v) is 10.8. The van der Waals surface area contributed by atoms with E-state index in [0.29, 0.717) is 17.1 Å². The van der Waals surface area contributed by atoms with Gasteiger partial charge in [-0.3, -0.25) is 14.5 Å². The first kappa shape index (κ1) is 11.8. The molecule has 0 atom stereocenters. The molecule has 1 aliphatic rings. The predicted octanol–water partition coefficient (Wildman–Crippen LogP) is 2.10. The Labute approximate surface area is 114 Å². The van der Waals surface area contributed by atoms with Crippen molar-refractivity contribution in [2.75, 3.05) is 0 Å². The smallest absolute Gasteiger partial charge is 0.264 e. The summed E-state index contributed by atoms with van der Waals surface area (Å²) in [7, 11) is 0. The van der Waals surface area contributed by atoms with E-state index in [9.17, 15) is 9.59 Å². The van der Waals surface area contributed by atoms with Crippen molar-refractivity contribution in [3.05, 3.63) is 58.6 Å². The van der Waals surface area contributed by atoms with Gasteiger partial charge in [0.1, 0.15) is 5.01 Å². The first-order valence-corrected chi connectivity index (χ1v) is 6.65. The third kappa shape index (κ3) is 2.20. The van der Waals surface area contributed by atoms with Crippen LogP contribution >= 0.6 is 11.3 Å². The average Bonchev–Trinajstić information content (AvgIpc) is 3.03. The van der Waals surface area contributed by atoms with Crippen LogP contribution in [0.3, 0.4) is 0 Å². The van der Waals surface area contributed by atoms with E-state index in [1.54, 1.807) is 11.6 Å². The summed E-state index contributed by atoms with van der Waals surface area (Å²) in [5, 5.41) is 2.38. The van der Waals surface area contributed by atoms with Gasteiger partial charge in [0.2, 0.25) is 0 Å². The molecule has 0 radical (unpaired) electrons. The molecule has 0 fully saturated rings. The molecule has 1 aliphatic heterocycles. The molecule has 1 aromatic carbocycles. The number of rotatable bonds is 3. The summed E-state index contributed by atoms with van der Waals surface area (Å²) < 4.78 is 0. The van der Waals surface area contributed by atoms with Crippen LogP contribution in [0.4, 0.5) is 0 Å². The Morgan fingerprint density at radius 1 is 1.16 bits per heavy atom. The lowest BCUT2D eigenvalue weighted by atomic mass is 10.2. The van der Waals surface area contributed by atoms with Crippen LogP contribution in [0.15, 0.2) is 48.0 Å². The molecule has 0 spiro atoms. The van der Waals surface area contributed by atoms with Crippen molar-refractivity contribution in [1.29, 1.82) is 0 Å². The third-order valence-electron chi connectivity index (χ3n) is 2.86. The van der Waals surface area contributed by atoms with Gasteiger partial charge in [-0.05, 0) is 5.56 Å². The second-order valence-electron chi connectivity index (χ2n) is 4.11. The average molecular weight is 270 g/mol. The summed E-state index contributed by atoms with van der Waals surface area (Å²) in [6.07, 6.45) is 2.99. The second-order valence-corrected chi connectivity index (χ2v) is 5.00. The largest absolute Gasteiger partial charge is 0.270 e. The fraction of sp³-hybridized carbons (Fsp3) is 0.0714. The van der Waals surface area contributed by atoms with Crippen molar-refractivity contribution >= 4 is 28.7 Å². The van der Waals surface area contributed by atoms with Gasteiger partial charge in [-0.25, -0.2) is 4.98 Å². The van der Waals surface area contributed by atoms with E-state index in [2.05, 4.69) is 4.98 Å². The van der Waals surface area contributed by atoms with Gasteiger partial charge in [-0.1, -0.05) is 30.3 Å². The second kappa shape index (κ2) is 4.78. The summed E-state index contributed by atoms with van der Waals surface area (Å²) >= 11 is 1.36. The van der Waals surface area contributed by atoms with Crippen LogP contribution in [0.5, 0.6) is 0 Å². The number of hydrogen-bond acceptors (Lipinski definition) is 4. The van der Waals surface area contributed by atoms with E-state index in [0.717, 1.165) is 5.56 Å². The Bertz CT molecular complexity index is 647. The Morgan fingerprint density at radius 3 is 2.63 bits per heavy atom. The minimum absolute atomic E-state index is 0.274. The molecule has 2 aromatic rings. The van der Waals surface area contributed by atoms with Gasteiger partial charge < -0.3 is 0 Å². The first-order chi connectivity index (χ1) is 9.25. The number of nitrogens with zero attached hydrogens (tertiary/aromatic N) is 2. The molecule has 5 heteroatoms. The number of aromatic nitrogens is 1. The van der Waals surface area contributed by atoms with Gasteiger partial charge in [0, 0.05) is 17.7 Å². The predicted molar refractivity (Wildman–Crippen MR) is 72.1 cm³/mol. The summed E-state index contributed by atoms with van der Waals surface area (Å²) in [5.41, 5.74) is 1.31. The molecule has 3 rings (SSSR count). The van der Waals surface area contributed by atoms with E-state index in [1.165, 1.54) is 22.3 Å². The van der Waals surface area contributed by atoms with Gasteiger partial charge >= 0.3 is 0 Å². The highest BCUT2D eigenvalue weighted by atomic mass is 32.1. The molecule has 94 valence electrons. The molecule has 0 saturated carbocycles. The van der Waals surface area contributed by atoms with Gasteiger partial charge in [0.15, 0.2) is 0 Å². The van der Waals surface area contributed by atoms with Crippen LogP contribution in [0.25, 0.3) is 5.57 Å². The number of imide groups is 1. The zero-order chi connectivity index (χ0) is 13.2. The summed E-state index contributed by atoms with van der Waals surface area (Å²) in [5.74, 6) is -0.553. The van der Waals surface area contributed by atoms with E-state index in [-0.39, 0.29) is 11.8 Å². The Morgan fingerprint density at radius 2 is 1.95 bits per heavy atom. The Balaban J connectivity index is 1.83. The van der Waals surface area contributed by atoms with Crippen LogP contribution in [-0.2, 0) is 16.1 Å². The molecule has 0 saturated heterocycles. The molecule has 2 heterocycles. The molecule has 1 aromatic heterocycles. The lowest BCUT2D eigenvalue weighted by Gasteiger charge is -2.14. The summed E-state index contributed by atoms with van der Waals surface area (Å²) in [6, 6.07) is 9.45. The van der Waals surface area contributed by atoms with Crippen LogP contribution in [-0.4, -0.2) is 21.7 Å². The van der Waals surface area contributed by atoms with Crippen molar-refractivity contribution in [3.8, 4) is 0 Å². The number of amides is 2. The van der Waals surface area contributed by atoms with Gasteiger partial charge in [0.25, 0.3) is 11.8 Å². The lowest BCUT2D eigenvalue weighted by molar-refractivity contribution is -0.137. The standard InChI is InChI=1S/C14H10N2O2S/c17-12-8-11(13-15-6-7-19-13)14(18)16(12)9-10-4-2-1-3-5-10/h1-8H,9H2. The molecular formula is C14H10N2O2S. The fourth-order valence-corrected chi connectivity index (χ4v) is 2.58. The highest BCUT2D eigenvalue weighted by Crippen LogP contribution is 2.26. The van der Waals surface area contributed by atoms with Crippen LogP contribution in [0.1, 0.15) is 10.6 Å². The number of thiazole rings is 1. The van der Waals surface area contributed by atoms with Crippen molar-refractivity contribution in [3.63, 3.8) is 0 Å². The quantitative estimate of drug-likeness (QED) is 0.802. The number of benzene rings is 1. The SMILES string of the molecule is O=C1C=C(c2nccs2)C(=O)N1Cc1ccccc1. The Hall–Kier alpha value is -2.27. The van der Waals surface area contributed by atoms with Crippen LogP contribution < -0.4 is 0 Å². The van der Waals surface area contributed by atoms with Gasteiger partial charge in [-0.2, -0.15) is 0 Å². The lowest BCUT2D eigenvalue weighted by Crippen LogP contribution is -2.30. The monoisotopic (exact) mass is 270 g/mol. The summed E-state index contributed by atoms with van der Waals surface area (Å²) in [4.78, 5) is 29.4. The molecule has 0 N–H and O–H groups in total. The van der Waals surface area contributed by atoms with E-state index < -0.39 is 0 Å². The van der Waals surface area contributed by atoms with Crippen molar-refractivity contribution in [1.82, 2.24) is 9.88 Å². The highest BCUT2D eigenvalue weighted by molar-refractivity contribution is 7.11. The molecule has 4 nitrogen and oxygen atoms in total. The minimum Gasteiger partial charge on any atom is -0.270 e. The fourth-order valence-electron chi connectivity index (χ4n) is 1.93. The van der Waals surface area contributed by atoms with Gasteiger partial charge in [0.05, 0.1) is 12.1 Å². The molecular weight excluding hydrogens is 260 g/mol. The van der Waals surface area contributed by atoms with Crippen LogP contribution in [0.2, 0.25) is 0 Å². The molecule has 0 bridgehead atoms. The maximum Gasteiger partial charge on any atom is 0.264 e. The first-order valence-electron chi connectivity index (χ1n) is 5.77. The number of carbonyl (C=O) groups excluding carboxylic acids is 2. The summed E-state index contributed by atoms with van der Waals surface area (Å²) in [6.45, 7) is 0.296. The zero-order valence-electron chi connectivity index (χ0n) is 9.95.